The van der Waals surface area contributed by atoms with Crippen LogP contribution in [0.2, 0.25) is 0 Å². The van der Waals surface area contributed by atoms with Gasteiger partial charge in [-0.3, -0.25) is 4.99 Å². The van der Waals surface area contributed by atoms with E-state index in [0.29, 0.717) is 29.9 Å². The molecule has 0 saturated carbocycles. The van der Waals surface area contributed by atoms with Gasteiger partial charge in [-0.05, 0) is 19.1 Å². The molecule has 0 saturated heterocycles. The Labute approximate surface area is 164 Å². The molecule has 1 aromatic carbocycles. The maximum atomic E-state index is 5.08. The van der Waals surface area contributed by atoms with E-state index < -0.39 is 0 Å². The standard InChI is InChI=1S/C16H23N5OS.HI/c1-12(23-14-7-5-4-6-8-14)11-19-16(17-3)18-10-9-15-20-13(2)21-22-15;/h4-8,12H,9-11H2,1-3H3,(H2,17,18,19);1H. The number of thioether (sulfide) groups is 1. The summed E-state index contributed by atoms with van der Waals surface area (Å²) >= 11 is 1.84. The van der Waals surface area contributed by atoms with Crippen molar-refractivity contribution in [3.8, 4) is 0 Å². The number of nitrogens with zero attached hydrogens (tertiary/aromatic N) is 3. The average Bonchev–Trinajstić information content (AvgIpc) is 2.97. The minimum Gasteiger partial charge on any atom is -0.356 e. The number of guanidine groups is 1. The van der Waals surface area contributed by atoms with Gasteiger partial charge in [-0.15, -0.1) is 35.7 Å². The van der Waals surface area contributed by atoms with Crippen LogP contribution in [0.4, 0.5) is 0 Å². The summed E-state index contributed by atoms with van der Waals surface area (Å²) in [6, 6.07) is 10.4. The summed E-state index contributed by atoms with van der Waals surface area (Å²) in [5.41, 5.74) is 0. The molecule has 0 spiro atoms. The minimum atomic E-state index is 0. The first-order chi connectivity index (χ1) is 11.2. The lowest BCUT2D eigenvalue weighted by Gasteiger charge is -2.15. The van der Waals surface area contributed by atoms with E-state index in [1.165, 1.54) is 4.90 Å². The summed E-state index contributed by atoms with van der Waals surface area (Å²) in [4.78, 5) is 9.67. The van der Waals surface area contributed by atoms with Gasteiger partial charge in [0.05, 0.1) is 0 Å². The van der Waals surface area contributed by atoms with Crippen LogP contribution in [-0.4, -0.2) is 41.5 Å². The van der Waals surface area contributed by atoms with Crippen molar-refractivity contribution >= 4 is 41.7 Å². The summed E-state index contributed by atoms with van der Waals surface area (Å²) in [6.07, 6.45) is 0.676. The van der Waals surface area contributed by atoms with Crippen molar-refractivity contribution in [3.63, 3.8) is 0 Å². The van der Waals surface area contributed by atoms with Crippen LogP contribution in [0, 0.1) is 6.92 Å². The second-order valence-corrected chi connectivity index (χ2v) is 6.62. The average molecular weight is 461 g/mol. The fraction of sp³-hybridized carbons (Fsp3) is 0.438. The van der Waals surface area contributed by atoms with Gasteiger partial charge in [-0.25, -0.2) is 0 Å². The molecule has 1 atom stereocenters. The van der Waals surface area contributed by atoms with Crippen molar-refractivity contribution in [3.05, 3.63) is 42.0 Å². The zero-order chi connectivity index (χ0) is 16.5. The third-order valence-corrected chi connectivity index (χ3v) is 4.18. The topological polar surface area (TPSA) is 75.3 Å². The van der Waals surface area contributed by atoms with E-state index in [-0.39, 0.29) is 24.0 Å². The molecular weight excluding hydrogens is 437 g/mol. The molecule has 2 N–H and O–H groups in total. The number of aromatic nitrogens is 2. The summed E-state index contributed by atoms with van der Waals surface area (Å²) in [7, 11) is 1.77. The monoisotopic (exact) mass is 461 g/mol. The molecule has 1 heterocycles. The third kappa shape index (κ3) is 7.52. The van der Waals surface area contributed by atoms with Crippen LogP contribution < -0.4 is 10.6 Å². The Balaban J connectivity index is 0.00000288. The molecule has 0 bridgehead atoms. The molecule has 0 aliphatic heterocycles. The van der Waals surface area contributed by atoms with Crippen LogP contribution in [0.25, 0.3) is 0 Å². The zero-order valence-corrected chi connectivity index (χ0v) is 17.3. The molecule has 1 aromatic heterocycles. The van der Waals surface area contributed by atoms with Crippen molar-refractivity contribution in [1.82, 2.24) is 20.8 Å². The molecule has 0 aliphatic rings. The molecule has 2 rings (SSSR count). The fourth-order valence-corrected chi connectivity index (χ4v) is 2.91. The molecule has 6 nitrogen and oxygen atoms in total. The molecular formula is C16H24IN5OS. The molecule has 1 unspecified atom stereocenters. The lowest BCUT2D eigenvalue weighted by molar-refractivity contribution is 0.374. The Hall–Kier alpha value is -1.29. The summed E-state index contributed by atoms with van der Waals surface area (Å²) in [5, 5.41) is 10.8. The van der Waals surface area contributed by atoms with Crippen LogP contribution in [0.5, 0.6) is 0 Å². The highest BCUT2D eigenvalue weighted by atomic mass is 127. The van der Waals surface area contributed by atoms with Gasteiger partial charge in [0.15, 0.2) is 11.8 Å². The Kier molecular flexibility index (Phi) is 9.77. The van der Waals surface area contributed by atoms with Crippen LogP contribution >= 0.6 is 35.7 Å². The predicted octanol–water partition coefficient (Wildman–Crippen LogP) is 2.88. The van der Waals surface area contributed by atoms with Crippen molar-refractivity contribution in [2.24, 2.45) is 4.99 Å². The van der Waals surface area contributed by atoms with Gasteiger partial charge in [0.25, 0.3) is 0 Å². The number of aliphatic imine (C=N–C) groups is 1. The van der Waals surface area contributed by atoms with E-state index in [9.17, 15) is 0 Å². The Bertz CT molecular complexity index is 620. The highest BCUT2D eigenvalue weighted by Crippen LogP contribution is 2.21. The summed E-state index contributed by atoms with van der Waals surface area (Å²) < 4.78 is 5.08. The van der Waals surface area contributed by atoms with E-state index in [0.717, 1.165) is 12.5 Å². The number of rotatable bonds is 7. The van der Waals surface area contributed by atoms with E-state index in [1.807, 2.05) is 24.8 Å². The lowest BCUT2D eigenvalue weighted by Crippen LogP contribution is -2.40. The number of benzene rings is 1. The molecule has 0 aliphatic carbocycles. The van der Waals surface area contributed by atoms with Gasteiger partial charge in [0, 0.05) is 36.7 Å². The van der Waals surface area contributed by atoms with Gasteiger partial charge >= 0.3 is 0 Å². The van der Waals surface area contributed by atoms with Crippen molar-refractivity contribution < 1.29 is 4.52 Å². The predicted molar refractivity (Wildman–Crippen MR) is 109 cm³/mol. The maximum Gasteiger partial charge on any atom is 0.228 e. The number of hydrogen-bond donors (Lipinski definition) is 2. The Morgan fingerprint density at radius 3 is 2.67 bits per heavy atom. The molecule has 2 aromatic rings. The summed E-state index contributed by atoms with van der Waals surface area (Å²) in [5.74, 6) is 2.08. The molecule has 132 valence electrons. The van der Waals surface area contributed by atoms with Crippen molar-refractivity contribution in [2.45, 2.75) is 30.4 Å². The second-order valence-electron chi connectivity index (χ2n) is 5.11. The van der Waals surface area contributed by atoms with Gasteiger partial charge in [0.2, 0.25) is 5.89 Å². The van der Waals surface area contributed by atoms with Gasteiger partial charge < -0.3 is 15.2 Å². The van der Waals surface area contributed by atoms with Gasteiger partial charge in [-0.2, -0.15) is 4.98 Å². The first-order valence-electron chi connectivity index (χ1n) is 7.63. The first-order valence-corrected chi connectivity index (χ1v) is 8.50. The quantitative estimate of drug-likeness (QED) is 0.286. The minimum absolute atomic E-state index is 0. The smallest absolute Gasteiger partial charge is 0.228 e. The zero-order valence-electron chi connectivity index (χ0n) is 14.2. The van der Waals surface area contributed by atoms with Crippen molar-refractivity contribution in [1.29, 1.82) is 0 Å². The number of hydrogen-bond acceptors (Lipinski definition) is 5. The molecule has 24 heavy (non-hydrogen) atoms. The highest BCUT2D eigenvalue weighted by molar-refractivity contribution is 14.0. The fourth-order valence-electron chi connectivity index (χ4n) is 1.96. The molecule has 8 heteroatoms. The first kappa shape index (κ1) is 20.8. The van der Waals surface area contributed by atoms with E-state index in [1.54, 1.807) is 7.05 Å². The Morgan fingerprint density at radius 2 is 2.04 bits per heavy atom. The molecule has 0 radical (unpaired) electrons. The number of nitrogens with one attached hydrogen (secondary N) is 2. The lowest BCUT2D eigenvalue weighted by atomic mass is 10.4. The third-order valence-electron chi connectivity index (χ3n) is 3.06. The second kappa shape index (κ2) is 11.3. The van der Waals surface area contributed by atoms with E-state index in [2.05, 4.69) is 57.0 Å². The van der Waals surface area contributed by atoms with Gasteiger partial charge in [0.1, 0.15) is 0 Å². The highest BCUT2D eigenvalue weighted by Gasteiger charge is 2.07. The SMILES string of the molecule is CN=C(NCCc1nc(C)no1)NCC(C)Sc1ccccc1.I. The van der Waals surface area contributed by atoms with Crippen molar-refractivity contribution in [2.75, 3.05) is 20.1 Å². The maximum absolute atomic E-state index is 5.08. The van der Waals surface area contributed by atoms with Crippen LogP contribution in [0.1, 0.15) is 18.6 Å². The largest absolute Gasteiger partial charge is 0.356 e. The number of halogens is 1. The molecule has 0 amide bonds. The normalized spacial score (nSPS) is 12.4. The Morgan fingerprint density at radius 1 is 1.29 bits per heavy atom. The summed E-state index contributed by atoms with van der Waals surface area (Å²) in [6.45, 7) is 5.53. The van der Waals surface area contributed by atoms with E-state index >= 15 is 0 Å². The van der Waals surface area contributed by atoms with Crippen LogP contribution in [0.15, 0.2) is 44.7 Å². The van der Waals surface area contributed by atoms with E-state index in [4.69, 9.17) is 4.52 Å². The van der Waals surface area contributed by atoms with Crippen LogP contribution in [0.3, 0.4) is 0 Å². The number of aryl methyl sites for hydroxylation is 1. The molecule has 0 fully saturated rings. The van der Waals surface area contributed by atoms with Gasteiger partial charge in [-0.1, -0.05) is 30.3 Å². The van der Waals surface area contributed by atoms with Crippen LogP contribution in [-0.2, 0) is 6.42 Å².